The fraction of sp³-hybridized carbons (Fsp3) is 0.176. The zero-order chi connectivity index (χ0) is 16.3. The van der Waals surface area contributed by atoms with Crippen molar-refractivity contribution in [1.29, 1.82) is 0 Å². The van der Waals surface area contributed by atoms with Gasteiger partial charge in [-0.05, 0) is 24.3 Å². The van der Waals surface area contributed by atoms with E-state index in [9.17, 15) is 0 Å². The Morgan fingerprint density at radius 1 is 0.739 bits per heavy atom. The number of hydrogen-bond acceptors (Lipinski definition) is 6. The van der Waals surface area contributed by atoms with E-state index < -0.39 is 0 Å². The summed E-state index contributed by atoms with van der Waals surface area (Å²) in [5.41, 5.74) is 1.42. The Hall–Kier alpha value is -3.02. The fourth-order valence-electron chi connectivity index (χ4n) is 1.98. The van der Waals surface area contributed by atoms with Crippen LogP contribution in [0.3, 0.4) is 0 Å². The molecule has 120 valence electrons. The number of benzene rings is 2. The van der Waals surface area contributed by atoms with Crippen molar-refractivity contribution in [3.63, 3.8) is 0 Å². The Morgan fingerprint density at radius 3 is 1.61 bits per heavy atom. The molecule has 2 N–H and O–H groups in total. The van der Waals surface area contributed by atoms with E-state index in [0.29, 0.717) is 42.3 Å². The molecular weight excluding hydrogens is 296 g/mol. The van der Waals surface area contributed by atoms with Gasteiger partial charge in [0.25, 0.3) is 0 Å². The predicted octanol–water partition coefficient (Wildman–Crippen LogP) is 3.15. The van der Waals surface area contributed by atoms with Gasteiger partial charge in [-0.25, -0.2) is 0 Å². The van der Waals surface area contributed by atoms with Crippen molar-refractivity contribution in [1.82, 2.24) is 0 Å². The molecule has 0 aliphatic carbocycles. The van der Waals surface area contributed by atoms with E-state index in [1.807, 2.05) is 36.4 Å². The monoisotopic (exact) mass is 314 g/mol. The lowest BCUT2D eigenvalue weighted by Crippen LogP contribution is -2.07. The number of hydrogen-bond donors (Lipinski definition) is 2. The molecule has 0 atom stereocenters. The zero-order valence-electron chi connectivity index (χ0n) is 12.5. The number of para-hydroxylation sites is 2. The van der Waals surface area contributed by atoms with Gasteiger partial charge in [0.05, 0.1) is 25.6 Å². The molecule has 2 aromatic rings. The Bertz CT molecular complexity index is 614. The molecule has 0 amide bonds. The molecule has 0 radical (unpaired) electrons. The first-order valence-electron chi connectivity index (χ1n) is 7.13. The van der Waals surface area contributed by atoms with Crippen LogP contribution < -0.4 is 9.47 Å². The van der Waals surface area contributed by atoms with Gasteiger partial charge < -0.3 is 19.9 Å². The summed E-state index contributed by atoms with van der Waals surface area (Å²) in [6, 6.07) is 14.6. The Morgan fingerprint density at radius 2 is 1.17 bits per heavy atom. The van der Waals surface area contributed by atoms with Gasteiger partial charge in [0, 0.05) is 17.5 Å². The molecule has 0 aliphatic rings. The van der Waals surface area contributed by atoms with Crippen LogP contribution in [0.2, 0.25) is 0 Å². The Kier molecular flexibility index (Phi) is 6.46. The summed E-state index contributed by atoms with van der Waals surface area (Å²) in [5.74, 6) is 1.30. The summed E-state index contributed by atoms with van der Waals surface area (Å²) in [7, 11) is 0. The minimum absolute atomic E-state index is 0.465. The first kappa shape index (κ1) is 16.4. The summed E-state index contributed by atoms with van der Waals surface area (Å²) >= 11 is 0. The maximum atomic E-state index is 8.62. The Labute approximate surface area is 134 Å². The summed E-state index contributed by atoms with van der Waals surface area (Å²) in [6.07, 6.45) is 3.34. The molecule has 6 heteroatoms. The van der Waals surface area contributed by atoms with Crippen LogP contribution in [-0.4, -0.2) is 36.1 Å². The molecule has 0 unspecified atom stereocenters. The molecule has 0 heterocycles. The molecule has 2 rings (SSSR count). The number of rotatable bonds is 8. The lowest BCUT2D eigenvalue weighted by molar-refractivity contribution is 0.247. The molecule has 23 heavy (non-hydrogen) atoms. The van der Waals surface area contributed by atoms with E-state index in [1.54, 1.807) is 12.1 Å². The zero-order valence-corrected chi connectivity index (χ0v) is 12.5. The highest BCUT2D eigenvalue weighted by atomic mass is 16.5. The smallest absolute Gasteiger partial charge is 0.128 e. The molecule has 0 spiro atoms. The standard InChI is InChI=1S/C17H18N2O4/c20-18-12-14-6-1-3-8-16(14)22-10-5-11-23-17-9-4-2-7-15(17)13-19-21/h1-4,6-9,12-13,20-21H,5,10-11H2/b18-12+,19-13+. The summed E-state index contributed by atoms with van der Waals surface area (Å²) in [6.45, 7) is 0.930. The second kappa shape index (κ2) is 9.09. The van der Waals surface area contributed by atoms with Crippen LogP contribution in [0.15, 0.2) is 58.8 Å². The van der Waals surface area contributed by atoms with Gasteiger partial charge in [0.1, 0.15) is 11.5 Å². The van der Waals surface area contributed by atoms with Crippen molar-refractivity contribution in [2.45, 2.75) is 6.42 Å². The molecule has 0 aromatic heterocycles. The van der Waals surface area contributed by atoms with Crippen molar-refractivity contribution >= 4 is 12.4 Å². The third kappa shape index (κ3) is 5.03. The van der Waals surface area contributed by atoms with E-state index in [0.717, 1.165) is 0 Å². The highest BCUT2D eigenvalue weighted by Crippen LogP contribution is 2.17. The average Bonchev–Trinajstić information content (AvgIpc) is 2.58. The number of nitrogens with zero attached hydrogens (tertiary/aromatic N) is 2. The first-order valence-corrected chi connectivity index (χ1v) is 7.13. The summed E-state index contributed by atoms with van der Waals surface area (Å²) in [4.78, 5) is 0. The van der Waals surface area contributed by atoms with E-state index in [2.05, 4.69) is 10.3 Å². The predicted molar refractivity (Wildman–Crippen MR) is 87.3 cm³/mol. The van der Waals surface area contributed by atoms with Crippen LogP contribution >= 0.6 is 0 Å². The first-order chi connectivity index (χ1) is 11.3. The molecule has 0 bridgehead atoms. The minimum Gasteiger partial charge on any atom is -0.493 e. The molecule has 0 fully saturated rings. The number of ether oxygens (including phenoxy) is 2. The Balaban J connectivity index is 1.81. The van der Waals surface area contributed by atoms with Gasteiger partial charge >= 0.3 is 0 Å². The van der Waals surface area contributed by atoms with Gasteiger partial charge in [-0.15, -0.1) is 0 Å². The summed E-state index contributed by atoms with van der Waals surface area (Å²) < 4.78 is 11.3. The SMILES string of the molecule is O/N=C/c1ccccc1OCCCOc1ccccc1/C=N/O. The molecule has 6 nitrogen and oxygen atoms in total. The van der Waals surface area contributed by atoms with Crippen LogP contribution in [0.25, 0.3) is 0 Å². The maximum Gasteiger partial charge on any atom is 0.128 e. The molecule has 0 saturated carbocycles. The van der Waals surface area contributed by atoms with E-state index >= 15 is 0 Å². The van der Waals surface area contributed by atoms with Crippen molar-refractivity contribution in [2.24, 2.45) is 10.3 Å². The third-order valence-electron chi connectivity index (χ3n) is 3.04. The lowest BCUT2D eigenvalue weighted by Gasteiger charge is -2.10. The largest absolute Gasteiger partial charge is 0.493 e. The van der Waals surface area contributed by atoms with Gasteiger partial charge in [0.15, 0.2) is 0 Å². The quantitative estimate of drug-likeness (QED) is 0.339. The van der Waals surface area contributed by atoms with Crippen LogP contribution in [0.5, 0.6) is 11.5 Å². The lowest BCUT2D eigenvalue weighted by atomic mass is 10.2. The second-order valence-electron chi connectivity index (χ2n) is 4.62. The van der Waals surface area contributed by atoms with Gasteiger partial charge in [0.2, 0.25) is 0 Å². The van der Waals surface area contributed by atoms with Crippen molar-refractivity contribution < 1.29 is 19.9 Å². The van der Waals surface area contributed by atoms with E-state index in [1.165, 1.54) is 12.4 Å². The minimum atomic E-state index is 0.465. The average molecular weight is 314 g/mol. The second-order valence-corrected chi connectivity index (χ2v) is 4.62. The molecular formula is C17H18N2O4. The molecule has 0 aliphatic heterocycles. The fourth-order valence-corrected chi connectivity index (χ4v) is 1.98. The number of oxime groups is 2. The third-order valence-corrected chi connectivity index (χ3v) is 3.04. The van der Waals surface area contributed by atoms with E-state index in [-0.39, 0.29) is 0 Å². The maximum absolute atomic E-state index is 8.62. The molecule has 0 saturated heterocycles. The van der Waals surface area contributed by atoms with Crippen LogP contribution in [0.4, 0.5) is 0 Å². The van der Waals surface area contributed by atoms with Crippen molar-refractivity contribution in [3.05, 3.63) is 59.7 Å². The highest BCUT2D eigenvalue weighted by Gasteiger charge is 2.02. The van der Waals surface area contributed by atoms with Crippen LogP contribution in [0, 0.1) is 0 Å². The van der Waals surface area contributed by atoms with Crippen LogP contribution in [0.1, 0.15) is 17.5 Å². The van der Waals surface area contributed by atoms with Crippen molar-refractivity contribution in [2.75, 3.05) is 13.2 Å². The van der Waals surface area contributed by atoms with Gasteiger partial charge in [-0.2, -0.15) is 0 Å². The van der Waals surface area contributed by atoms with Crippen LogP contribution in [-0.2, 0) is 0 Å². The highest BCUT2D eigenvalue weighted by molar-refractivity contribution is 5.83. The summed E-state index contributed by atoms with van der Waals surface area (Å²) in [5, 5.41) is 23.3. The normalized spacial score (nSPS) is 11.1. The van der Waals surface area contributed by atoms with Crippen molar-refractivity contribution in [3.8, 4) is 11.5 Å². The van der Waals surface area contributed by atoms with Gasteiger partial charge in [-0.1, -0.05) is 34.6 Å². The van der Waals surface area contributed by atoms with E-state index in [4.69, 9.17) is 19.9 Å². The van der Waals surface area contributed by atoms with Gasteiger partial charge in [-0.3, -0.25) is 0 Å². The molecule has 2 aromatic carbocycles. The topological polar surface area (TPSA) is 83.6 Å².